The fraction of sp³-hybridized carbons (Fsp3) is 0.444. The molecule has 0 amide bonds. The fourth-order valence-electron chi connectivity index (χ4n) is 2.79. The number of ketones is 1. The molecule has 0 aliphatic heterocycles. The Morgan fingerprint density at radius 3 is 2.45 bits per heavy atom. The molecule has 0 aromatic heterocycles. The zero-order valence-corrected chi connectivity index (χ0v) is 13.5. The lowest BCUT2D eigenvalue weighted by atomic mass is 9.75. The molecule has 0 bridgehead atoms. The molecule has 4 nitrogen and oxygen atoms in total. The highest BCUT2D eigenvalue weighted by Gasteiger charge is 2.34. The highest BCUT2D eigenvalue weighted by atomic mass is 16.3. The summed E-state index contributed by atoms with van der Waals surface area (Å²) in [7, 11) is 0. The third-order valence-electron chi connectivity index (χ3n) is 3.79. The fourth-order valence-corrected chi connectivity index (χ4v) is 2.79. The number of anilines is 1. The van der Waals surface area contributed by atoms with E-state index in [1.165, 1.54) is 0 Å². The Balaban J connectivity index is 2.43. The maximum Gasteiger partial charge on any atom is 0.168 e. The maximum atomic E-state index is 12.5. The third-order valence-corrected chi connectivity index (χ3v) is 3.79. The van der Waals surface area contributed by atoms with Crippen LogP contribution in [0.25, 0.3) is 0 Å². The van der Waals surface area contributed by atoms with E-state index in [9.17, 15) is 9.90 Å². The monoisotopic (exact) mass is 300 g/mol. The third kappa shape index (κ3) is 3.75. The normalized spacial score (nSPS) is 18.7. The van der Waals surface area contributed by atoms with Gasteiger partial charge in [0.2, 0.25) is 0 Å². The smallest absolute Gasteiger partial charge is 0.168 e. The first-order valence-electron chi connectivity index (χ1n) is 7.71. The van der Waals surface area contributed by atoms with Crippen LogP contribution in [0.4, 0.5) is 11.4 Å². The Labute approximate surface area is 131 Å². The van der Waals surface area contributed by atoms with Crippen LogP contribution in [-0.4, -0.2) is 16.6 Å². The van der Waals surface area contributed by atoms with E-state index in [-0.39, 0.29) is 17.0 Å². The first-order chi connectivity index (χ1) is 10.3. The number of nitrogen functional groups attached to an aromatic ring is 1. The summed E-state index contributed by atoms with van der Waals surface area (Å²) in [6.07, 6.45) is 2.48. The van der Waals surface area contributed by atoms with Crippen molar-refractivity contribution >= 4 is 22.9 Å². The van der Waals surface area contributed by atoms with Crippen LogP contribution in [0.5, 0.6) is 0 Å². The SMILES string of the molecule is CCCC(=Nc1ccc(N)cc1)C1=C(O)CC(C)(C)CC1=O. The van der Waals surface area contributed by atoms with Gasteiger partial charge in [0.1, 0.15) is 5.76 Å². The van der Waals surface area contributed by atoms with E-state index in [1.807, 2.05) is 32.9 Å². The molecular formula is C18H24N2O2. The molecule has 1 aromatic rings. The lowest BCUT2D eigenvalue weighted by molar-refractivity contribution is -0.117. The second kappa shape index (κ2) is 6.34. The van der Waals surface area contributed by atoms with E-state index in [0.717, 1.165) is 12.1 Å². The molecule has 0 spiro atoms. The van der Waals surface area contributed by atoms with Gasteiger partial charge in [0, 0.05) is 18.5 Å². The Morgan fingerprint density at radius 2 is 1.91 bits per heavy atom. The lowest BCUT2D eigenvalue weighted by Crippen LogP contribution is -2.29. The number of rotatable bonds is 4. The Kier molecular flexibility index (Phi) is 4.69. The van der Waals surface area contributed by atoms with Gasteiger partial charge in [-0.3, -0.25) is 9.79 Å². The Bertz CT molecular complexity index is 625. The summed E-state index contributed by atoms with van der Waals surface area (Å²) in [5.74, 6) is 0.153. The number of carbonyl (C=O) groups is 1. The number of nitrogens with zero attached hydrogens (tertiary/aromatic N) is 1. The molecule has 3 N–H and O–H groups in total. The zero-order valence-electron chi connectivity index (χ0n) is 13.5. The topological polar surface area (TPSA) is 75.7 Å². The van der Waals surface area contributed by atoms with Gasteiger partial charge < -0.3 is 10.8 Å². The van der Waals surface area contributed by atoms with Crippen LogP contribution in [0.15, 0.2) is 40.6 Å². The second-order valence-electron chi connectivity index (χ2n) is 6.66. The number of aliphatic imine (C=N–C) groups is 1. The lowest BCUT2D eigenvalue weighted by Gasteiger charge is -2.30. The summed E-state index contributed by atoms with van der Waals surface area (Å²) < 4.78 is 0. The van der Waals surface area contributed by atoms with Crippen molar-refractivity contribution in [1.29, 1.82) is 0 Å². The van der Waals surface area contributed by atoms with Gasteiger partial charge >= 0.3 is 0 Å². The van der Waals surface area contributed by atoms with E-state index in [0.29, 0.717) is 36.2 Å². The number of aliphatic hydroxyl groups excluding tert-OH is 1. The molecule has 0 heterocycles. The van der Waals surface area contributed by atoms with Gasteiger partial charge in [0.25, 0.3) is 0 Å². The summed E-state index contributed by atoms with van der Waals surface area (Å²) in [5, 5.41) is 10.4. The van der Waals surface area contributed by atoms with Crippen LogP contribution >= 0.6 is 0 Å². The Hall–Kier alpha value is -2.10. The average molecular weight is 300 g/mol. The van der Waals surface area contributed by atoms with Crippen LogP contribution in [-0.2, 0) is 4.79 Å². The van der Waals surface area contributed by atoms with Gasteiger partial charge in [-0.2, -0.15) is 0 Å². The molecule has 0 atom stereocenters. The van der Waals surface area contributed by atoms with Gasteiger partial charge in [-0.25, -0.2) is 0 Å². The first-order valence-corrected chi connectivity index (χ1v) is 7.71. The quantitative estimate of drug-likeness (QED) is 0.641. The predicted molar refractivity (Wildman–Crippen MR) is 90.5 cm³/mol. The summed E-state index contributed by atoms with van der Waals surface area (Å²) in [6, 6.07) is 7.20. The van der Waals surface area contributed by atoms with Crippen molar-refractivity contribution in [3.63, 3.8) is 0 Å². The Morgan fingerprint density at radius 1 is 1.27 bits per heavy atom. The molecule has 2 rings (SSSR count). The van der Waals surface area contributed by atoms with Gasteiger partial charge in [-0.1, -0.05) is 27.2 Å². The van der Waals surface area contributed by atoms with Crippen molar-refractivity contribution < 1.29 is 9.90 Å². The van der Waals surface area contributed by atoms with Crippen molar-refractivity contribution in [2.45, 2.75) is 46.5 Å². The van der Waals surface area contributed by atoms with Gasteiger partial charge in [-0.05, 0) is 36.1 Å². The number of carbonyl (C=O) groups excluding carboxylic acids is 1. The van der Waals surface area contributed by atoms with Crippen molar-refractivity contribution in [2.75, 3.05) is 5.73 Å². The number of hydrogen-bond donors (Lipinski definition) is 2. The van der Waals surface area contributed by atoms with Gasteiger partial charge in [0.05, 0.1) is 17.0 Å². The van der Waals surface area contributed by atoms with Crippen molar-refractivity contribution in [3.05, 3.63) is 35.6 Å². The molecule has 0 saturated heterocycles. The molecule has 4 heteroatoms. The summed E-state index contributed by atoms with van der Waals surface area (Å²) in [4.78, 5) is 17.0. The van der Waals surface area contributed by atoms with E-state index >= 15 is 0 Å². The molecule has 0 unspecified atom stereocenters. The molecule has 22 heavy (non-hydrogen) atoms. The van der Waals surface area contributed by atoms with Crippen LogP contribution in [0.3, 0.4) is 0 Å². The van der Waals surface area contributed by atoms with Crippen LogP contribution < -0.4 is 5.73 Å². The predicted octanol–water partition coefficient (Wildman–Crippen LogP) is 4.34. The molecule has 1 aliphatic carbocycles. The van der Waals surface area contributed by atoms with Crippen molar-refractivity contribution in [3.8, 4) is 0 Å². The minimum absolute atomic E-state index is 0.0172. The zero-order chi connectivity index (χ0) is 16.3. The summed E-state index contributed by atoms with van der Waals surface area (Å²) in [5.41, 5.74) is 8.00. The average Bonchev–Trinajstić information content (AvgIpc) is 2.39. The van der Waals surface area contributed by atoms with Crippen molar-refractivity contribution in [2.24, 2.45) is 10.4 Å². The van der Waals surface area contributed by atoms with Crippen LogP contribution in [0.2, 0.25) is 0 Å². The van der Waals surface area contributed by atoms with E-state index < -0.39 is 0 Å². The number of nitrogens with two attached hydrogens (primary N) is 1. The van der Waals surface area contributed by atoms with E-state index in [1.54, 1.807) is 12.1 Å². The number of aliphatic hydroxyl groups is 1. The first kappa shape index (κ1) is 16.3. The maximum absolute atomic E-state index is 12.5. The molecule has 0 fully saturated rings. The molecule has 0 saturated carbocycles. The number of benzene rings is 1. The molecular weight excluding hydrogens is 276 g/mol. The van der Waals surface area contributed by atoms with Gasteiger partial charge in [-0.15, -0.1) is 0 Å². The van der Waals surface area contributed by atoms with Crippen LogP contribution in [0, 0.1) is 5.41 Å². The summed E-state index contributed by atoms with van der Waals surface area (Å²) >= 11 is 0. The molecule has 1 aliphatic rings. The van der Waals surface area contributed by atoms with E-state index in [2.05, 4.69) is 4.99 Å². The largest absolute Gasteiger partial charge is 0.511 e. The minimum atomic E-state index is -0.191. The number of allylic oxidation sites excluding steroid dienone is 2. The van der Waals surface area contributed by atoms with Crippen molar-refractivity contribution in [1.82, 2.24) is 0 Å². The van der Waals surface area contributed by atoms with Crippen LogP contribution in [0.1, 0.15) is 46.5 Å². The molecule has 0 radical (unpaired) electrons. The number of Topliss-reactive ketones (excluding diaryl/α,β-unsaturated/α-hetero) is 1. The standard InChI is InChI=1S/C18H24N2O2/c1-4-5-14(20-13-8-6-12(19)7-9-13)17-15(21)10-18(2,3)11-16(17)22/h6-9,21H,4-5,10-11,19H2,1-3H3. The highest BCUT2D eigenvalue weighted by Crippen LogP contribution is 2.37. The molecule has 1 aromatic carbocycles. The van der Waals surface area contributed by atoms with E-state index in [4.69, 9.17) is 5.73 Å². The highest BCUT2D eigenvalue weighted by molar-refractivity contribution is 6.23. The molecule has 118 valence electrons. The minimum Gasteiger partial charge on any atom is -0.511 e. The second-order valence-corrected chi connectivity index (χ2v) is 6.66. The van der Waals surface area contributed by atoms with Gasteiger partial charge in [0.15, 0.2) is 5.78 Å². The number of hydrogen-bond acceptors (Lipinski definition) is 4. The summed E-state index contributed by atoms with van der Waals surface area (Å²) in [6.45, 7) is 6.02.